The first kappa shape index (κ1) is 20.7. The summed E-state index contributed by atoms with van der Waals surface area (Å²) in [5, 5.41) is 15.0. The average Bonchev–Trinajstić information content (AvgIpc) is 2.75. The Morgan fingerprint density at radius 2 is 1.73 bits per heavy atom. The van der Waals surface area contributed by atoms with Gasteiger partial charge < -0.3 is 10.6 Å². The molecule has 0 fully saturated rings. The van der Waals surface area contributed by atoms with Crippen molar-refractivity contribution in [3.63, 3.8) is 0 Å². The molecule has 3 rings (SSSR count). The van der Waals surface area contributed by atoms with Gasteiger partial charge in [-0.3, -0.25) is 14.6 Å². The van der Waals surface area contributed by atoms with Crippen molar-refractivity contribution >= 4 is 23.2 Å². The highest BCUT2D eigenvalue weighted by atomic mass is 16.2. The molecular weight excluding hydrogens is 376 g/mol. The molecule has 0 saturated heterocycles. The van der Waals surface area contributed by atoms with Crippen molar-refractivity contribution in [1.29, 1.82) is 5.26 Å². The molecule has 0 aliphatic carbocycles. The zero-order chi connectivity index (χ0) is 21.7. The van der Waals surface area contributed by atoms with Crippen LogP contribution in [0, 0.1) is 18.3 Å². The summed E-state index contributed by atoms with van der Waals surface area (Å²) in [4.78, 5) is 29.4. The number of hydrogen-bond donors (Lipinski definition) is 2. The minimum atomic E-state index is -0.697. The summed E-state index contributed by atoms with van der Waals surface area (Å²) < 4.78 is 0. The predicted molar refractivity (Wildman–Crippen MR) is 116 cm³/mol. The maximum absolute atomic E-state index is 12.7. The molecule has 0 bridgehead atoms. The van der Waals surface area contributed by atoms with Crippen molar-refractivity contribution in [3.05, 3.63) is 89.2 Å². The molecule has 2 N–H and O–H groups in total. The van der Waals surface area contributed by atoms with Crippen LogP contribution in [0.4, 0.5) is 11.4 Å². The summed E-state index contributed by atoms with van der Waals surface area (Å²) in [6.45, 7) is 5.44. The summed E-state index contributed by atoms with van der Waals surface area (Å²) in [5.74, 6) is -0.595. The minimum absolute atomic E-state index is 0.283. The Bertz CT molecular complexity index is 1130. The van der Waals surface area contributed by atoms with Crippen molar-refractivity contribution in [2.24, 2.45) is 0 Å². The van der Waals surface area contributed by atoms with Gasteiger partial charge in [0.05, 0.1) is 23.4 Å². The molecule has 2 aromatic carbocycles. The molecule has 0 aliphatic heterocycles. The molecule has 1 aromatic heterocycles. The third kappa shape index (κ3) is 4.70. The number of aromatic nitrogens is 1. The molecule has 150 valence electrons. The SMILES string of the molecule is Cc1ccc(NC(=O)c2cccc(C(C)(C)C#N)c2)cc1C(=O)Nc1cccnc1. The van der Waals surface area contributed by atoms with Crippen molar-refractivity contribution < 1.29 is 9.59 Å². The van der Waals surface area contributed by atoms with Gasteiger partial charge in [0.1, 0.15) is 0 Å². The number of carbonyl (C=O) groups excluding carboxylic acids is 2. The van der Waals surface area contributed by atoms with Crippen LogP contribution in [0.1, 0.15) is 45.7 Å². The largest absolute Gasteiger partial charge is 0.322 e. The standard InChI is InChI=1S/C24H22N4O2/c1-16-9-10-19(13-21(16)23(30)28-20-8-5-11-26-14-20)27-22(29)17-6-4-7-18(12-17)24(2,3)15-25/h4-14H,1-3H3,(H,27,29)(H,28,30). The second-order valence-corrected chi connectivity index (χ2v) is 7.50. The van der Waals surface area contributed by atoms with Crippen LogP contribution in [0.15, 0.2) is 67.0 Å². The molecule has 1 heterocycles. The second kappa shape index (κ2) is 8.58. The van der Waals surface area contributed by atoms with Gasteiger partial charge in [-0.25, -0.2) is 0 Å². The quantitative estimate of drug-likeness (QED) is 0.651. The van der Waals surface area contributed by atoms with E-state index in [2.05, 4.69) is 21.7 Å². The van der Waals surface area contributed by atoms with E-state index in [9.17, 15) is 14.9 Å². The molecule has 0 radical (unpaired) electrons. The average molecular weight is 398 g/mol. The lowest BCUT2D eigenvalue weighted by Crippen LogP contribution is -2.18. The maximum atomic E-state index is 12.7. The van der Waals surface area contributed by atoms with Crippen molar-refractivity contribution in [2.75, 3.05) is 10.6 Å². The number of amides is 2. The molecule has 2 amide bonds. The molecule has 6 nitrogen and oxygen atoms in total. The van der Waals surface area contributed by atoms with Crippen LogP contribution in [-0.4, -0.2) is 16.8 Å². The summed E-state index contributed by atoms with van der Waals surface area (Å²) in [7, 11) is 0. The number of benzene rings is 2. The number of nitrogens with zero attached hydrogens (tertiary/aromatic N) is 2. The van der Waals surface area contributed by atoms with E-state index in [0.29, 0.717) is 22.5 Å². The van der Waals surface area contributed by atoms with Crippen molar-refractivity contribution in [1.82, 2.24) is 4.98 Å². The molecule has 0 aliphatic rings. The first-order valence-corrected chi connectivity index (χ1v) is 9.45. The first-order valence-electron chi connectivity index (χ1n) is 9.45. The van der Waals surface area contributed by atoms with Gasteiger partial charge in [-0.05, 0) is 68.3 Å². The van der Waals surface area contributed by atoms with Gasteiger partial charge in [0.25, 0.3) is 11.8 Å². The van der Waals surface area contributed by atoms with Gasteiger partial charge in [-0.1, -0.05) is 18.2 Å². The number of nitrogens with one attached hydrogen (secondary N) is 2. The van der Waals surface area contributed by atoms with Gasteiger partial charge in [0.2, 0.25) is 0 Å². The molecule has 6 heteroatoms. The molecule has 0 atom stereocenters. The molecule has 0 spiro atoms. The van der Waals surface area contributed by atoms with Crippen molar-refractivity contribution in [2.45, 2.75) is 26.2 Å². The fraction of sp³-hybridized carbons (Fsp3) is 0.167. The zero-order valence-corrected chi connectivity index (χ0v) is 17.1. The van der Waals surface area contributed by atoms with Crippen LogP contribution >= 0.6 is 0 Å². The van der Waals surface area contributed by atoms with Crippen LogP contribution in [0.2, 0.25) is 0 Å². The second-order valence-electron chi connectivity index (χ2n) is 7.50. The third-order valence-corrected chi connectivity index (χ3v) is 4.79. The Hall–Kier alpha value is -3.98. The monoisotopic (exact) mass is 398 g/mol. The summed E-state index contributed by atoms with van der Waals surface area (Å²) in [6.07, 6.45) is 3.19. The van der Waals surface area contributed by atoms with Gasteiger partial charge in [-0.2, -0.15) is 5.26 Å². The molecule has 3 aromatic rings. The van der Waals surface area contributed by atoms with Crippen LogP contribution < -0.4 is 10.6 Å². The Kier molecular flexibility index (Phi) is 5.93. The van der Waals surface area contributed by atoms with Crippen molar-refractivity contribution in [3.8, 4) is 6.07 Å². The van der Waals surface area contributed by atoms with E-state index in [1.165, 1.54) is 0 Å². The van der Waals surface area contributed by atoms with E-state index >= 15 is 0 Å². The summed E-state index contributed by atoms with van der Waals surface area (Å²) in [6, 6.07) is 17.9. The number of nitriles is 1. The molecule has 0 saturated carbocycles. The zero-order valence-electron chi connectivity index (χ0n) is 17.1. The van der Waals surface area contributed by atoms with Gasteiger partial charge in [-0.15, -0.1) is 0 Å². The van der Waals surface area contributed by atoms with E-state index in [4.69, 9.17) is 0 Å². The fourth-order valence-electron chi connectivity index (χ4n) is 2.90. The molecule has 30 heavy (non-hydrogen) atoms. The van der Waals surface area contributed by atoms with E-state index < -0.39 is 5.41 Å². The summed E-state index contributed by atoms with van der Waals surface area (Å²) in [5.41, 5.74) is 2.84. The lowest BCUT2D eigenvalue weighted by atomic mass is 9.85. The summed E-state index contributed by atoms with van der Waals surface area (Å²) >= 11 is 0. The number of carbonyl (C=O) groups is 2. The van der Waals surface area contributed by atoms with Gasteiger partial charge in [0.15, 0.2) is 0 Å². The highest BCUT2D eigenvalue weighted by molar-refractivity contribution is 6.08. The topological polar surface area (TPSA) is 94.9 Å². The van der Waals surface area contributed by atoms with E-state index in [0.717, 1.165) is 11.1 Å². The van der Waals surface area contributed by atoms with Crippen LogP contribution in [0.3, 0.4) is 0 Å². The highest BCUT2D eigenvalue weighted by Gasteiger charge is 2.21. The molecular formula is C24H22N4O2. The number of rotatable bonds is 5. The normalized spacial score (nSPS) is 10.7. The van der Waals surface area contributed by atoms with Crippen LogP contribution in [-0.2, 0) is 5.41 Å². The third-order valence-electron chi connectivity index (χ3n) is 4.79. The van der Waals surface area contributed by atoms with Gasteiger partial charge in [0, 0.05) is 23.0 Å². The molecule has 0 unspecified atom stereocenters. The predicted octanol–water partition coefficient (Wildman–Crippen LogP) is 4.70. The Morgan fingerprint density at radius 1 is 0.967 bits per heavy atom. The van der Waals surface area contributed by atoms with E-state index in [1.54, 1.807) is 74.8 Å². The van der Waals surface area contributed by atoms with Crippen LogP contribution in [0.25, 0.3) is 0 Å². The fourth-order valence-corrected chi connectivity index (χ4v) is 2.90. The van der Waals surface area contributed by atoms with Gasteiger partial charge >= 0.3 is 0 Å². The number of anilines is 2. The lowest BCUT2D eigenvalue weighted by Gasteiger charge is -2.16. The Morgan fingerprint density at radius 3 is 2.43 bits per heavy atom. The van der Waals surface area contributed by atoms with Crippen LogP contribution in [0.5, 0.6) is 0 Å². The smallest absolute Gasteiger partial charge is 0.256 e. The minimum Gasteiger partial charge on any atom is -0.322 e. The highest BCUT2D eigenvalue weighted by Crippen LogP contribution is 2.24. The number of hydrogen-bond acceptors (Lipinski definition) is 4. The Balaban J connectivity index is 1.80. The lowest BCUT2D eigenvalue weighted by molar-refractivity contribution is 0.101. The van der Waals surface area contributed by atoms with E-state index in [1.807, 2.05) is 13.0 Å². The maximum Gasteiger partial charge on any atom is 0.256 e. The Labute approximate surface area is 175 Å². The number of pyridine rings is 1. The van der Waals surface area contributed by atoms with E-state index in [-0.39, 0.29) is 11.8 Å². The first-order chi connectivity index (χ1) is 14.3. The number of aryl methyl sites for hydroxylation is 1.